The van der Waals surface area contributed by atoms with Crippen LogP contribution in [0.25, 0.3) is 5.57 Å². The minimum absolute atomic E-state index is 0.0365. The number of amides is 2. The zero-order chi connectivity index (χ0) is 36.3. The Morgan fingerprint density at radius 3 is 2.00 bits per heavy atom. The highest BCUT2D eigenvalue weighted by Gasteiger charge is 2.54. The van der Waals surface area contributed by atoms with Crippen molar-refractivity contribution in [3.8, 4) is 0 Å². The van der Waals surface area contributed by atoms with Gasteiger partial charge in [0.15, 0.2) is 5.13 Å². The summed E-state index contributed by atoms with van der Waals surface area (Å²) >= 11 is 8.53. The SMILES string of the molecule is CC(C)(C)OC(=O)/C=C(/C(=O)NC1C(=O)N2C(C(=O)O)=C(CCl)CS[C@H]12)c1csc(NC(c2ccccc2)(c2ccccc2)c2ccccc2)n1. The van der Waals surface area contributed by atoms with E-state index >= 15 is 0 Å². The number of benzene rings is 3. The number of carboxylic acid groups (broad SMARTS) is 1. The normalized spacial score (nSPS) is 17.7. The lowest BCUT2D eigenvalue weighted by Gasteiger charge is -2.49. The molecule has 262 valence electrons. The van der Waals surface area contributed by atoms with E-state index in [2.05, 4.69) is 10.6 Å². The van der Waals surface area contributed by atoms with E-state index in [0.29, 0.717) is 16.5 Å². The molecule has 2 atom stereocenters. The molecule has 0 aliphatic carbocycles. The van der Waals surface area contributed by atoms with Gasteiger partial charge in [-0.2, -0.15) is 0 Å². The van der Waals surface area contributed by atoms with Crippen LogP contribution in [0, 0.1) is 0 Å². The van der Waals surface area contributed by atoms with Crippen LogP contribution in [0.5, 0.6) is 0 Å². The largest absolute Gasteiger partial charge is 0.477 e. The van der Waals surface area contributed by atoms with E-state index in [4.69, 9.17) is 21.3 Å². The predicted octanol–water partition coefficient (Wildman–Crippen LogP) is 6.25. The van der Waals surface area contributed by atoms with Crippen LogP contribution in [0.4, 0.5) is 5.13 Å². The van der Waals surface area contributed by atoms with E-state index in [-0.39, 0.29) is 22.8 Å². The predicted molar refractivity (Wildman–Crippen MR) is 199 cm³/mol. The molecule has 3 N–H and O–H groups in total. The number of carbonyl (C=O) groups excluding carboxylic acids is 3. The lowest BCUT2D eigenvalue weighted by molar-refractivity contribution is -0.150. The molecule has 0 saturated carbocycles. The highest BCUT2D eigenvalue weighted by atomic mass is 35.5. The van der Waals surface area contributed by atoms with Crippen LogP contribution in [0.3, 0.4) is 0 Å². The fourth-order valence-corrected chi connectivity index (χ4v) is 8.55. The fourth-order valence-electron chi connectivity index (χ4n) is 6.11. The lowest BCUT2D eigenvalue weighted by atomic mass is 9.77. The number of carboxylic acids is 1. The van der Waals surface area contributed by atoms with E-state index in [1.165, 1.54) is 23.1 Å². The Bertz CT molecular complexity index is 1910. The summed E-state index contributed by atoms with van der Waals surface area (Å²) in [5, 5.41) is 17.7. The molecule has 2 amide bonds. The fraction of sp³-hybridized carbons (Fsp3) is 0.237. The number of carbonyl (C=O) groups is 4. The van der Waals surface area contributed by atoms with Crippen LogP contribution in [0.1, 0.15) is 43.2 Å². The maximum atomic E-state index is 14.0. The maximum Gasteiger partial charge on any atom is 0.352 e. The van der Waals surface area contributed by atoms with Gasteiger partial charge < -0.3 is 20.5 Å². The van der Waals surface area contributed by atoms with Crippen LogP contribution in [0.2, 0.25) is 0 Å². The van der Waals surface area contributed by atoms with E-state index in [1.807, 2.05) is 91.0 Å². The third kappa shape index (κ3) is 7.30. The topological polar surface area (TPSA) is 138 Å². The molecule has 51 heavy (non-hydrogen) atoms. The summed E-state index contributed by atoms with van der Waals surface area (Å²) in [7, 11) is 0. The van der Waals surface area contributed by atoms with Gasteiger partial charge >= 0.3 is 11.9 Å². The summed E-state index contributed by atoms with van der Waals surface area (Å²) in [6.45, 7) is 5.14. The molecular weight excluding hydrogens is 708 g/mol. The number of hydrogen-bond acceptors (Lipinski definition) is 9. The highest BCUT2D eigenvalue weighted by Crippen LogP contribution is 2.42. The average molecular weight is 743 g/mol. The third-order valence-corrected chi connectivity index (χ3v) is 10.7. The van der Waals surface area contributed by atoms with E-state index in [0.717, 1.165) is 27.7 Å². The Hall–Kier alpha value is -4.91. The van der Waals surface area contributed by atoms with Crippen LogP contribution >= 0.6 is 34.7 Å². The van der Waals surface area contributed by atoms with Gasteiger partial charge in [-0.15, -0.1) is 34.7 Å². The van der Waals surface area contributed by atoms with Gasteiger partial charge in [0.2, 0.25) is 0 Å². The zero-order valence-corrected chi connectivity index (χ0v) is 30.4. The third-order valence-electron chi connectivity index (χ3n) is 8.31. The number of nitrogens with one attached hydrogen (secondary N) is 2. The second-order valence-electron chi connectivity index (χ2n) is 12.9. The zero-order valence-electron chi connectivity index (χ0n) is 28.0. The van der Waals surface area contributed by atoms with Crippen molar-refractivity contribution in [2.75, 3.05) is 16.9 Å². The Morgan fingerprint density at radius 1 is 0.961 bits per heavy atom. The molecule has 0 bridgehead atoms. The Labute approximate surface area is 308 Å². The Balaban J connectivity index is 1.36. The number of β-lactam (4-membered cyclic amide) rings is 1. The van der Waals surface area contributed by atoms with Crippen LogP contribution in [-0.2, 0) is 29.5 Å². The second kappa shape index (κ2) is 14.7. The van der Waals surface area contributed by atoms with Gasteiger partial charge in [-0.1, -0.05) is 91.0 Å². The quantitative estimate of drug-likeness (QED) is 0.0536. The van der Waals surface area contributed by atoms with Gasteiger partial charge in [-0.25, -0.2) is 14.6 Å². The molecule has 2 aliphatic rings. The van der Waals surface area contributed by atoms with E-state index < -0.39 is 46.3 Å². The summed E-state index contributed by atoms with van der Waals surface area (Å²) in [6.07, 6.45) is 1.07. The number of halogens is 1. The van der Waals surface area contributed by atoms with Gasteiger partial charge in [-0.05, 0) is 43.0 Å². The van der Waals surface area contributed by atoms with E-state index in [9.17, 15) is 24.3 Å². The molecule has 10 nitrogen and oxygen atoms in total. The van der Waals surface area contributed by atoms with Gasteiger partial charge in [0.05, 0.1) is 11.3 Å². The van der Waals surface area contributed by atoms with Gasteiger partial charge in [0.1, 0.15) is 28.3 Å². The van der Waals surface area contributed by atoms with Crippen molar-refractivity contribution in [1.29, 1.82) is 0 Å². The number of ether oxygens (including phenoxy) is 1. The van der Waals surface area contributed by atoms with Crippen LogP contribution < -0.4 is 10.6 Å². The van der Waals surface area contributed by atoms with Gasteiger partial charge in [0.25, 0.3) is 11.8 Å². The van der Waals surface area contributed by atoms with Crippen molar-refractivity contribution < 1.29 is 29.0 Å². The average Bonchev–Trinajstić information content (AvgIpc) is 3.59. The van der Waals surface area contributed by atoms with Crippen molar-refractivity contribution in [1.82, 2.24) is 15.2 Å². The number of thioether (sulfide) groups is 1. The molecule has 6 rings (SSSR count). The molecule has 4 aromatic rings. The number of fused-ring (bicyclic) bond motifs is 1. The molecule has 1 saturated heterocycles. The molecular formula is C38H35ClN4O6S2. The summed E-state index contributed by atoms with van der Waals surface area (Å²) in [5.41, 5.74) is 1.45. The monoisotopic (exact) mass is 742 g/mol. The number of rotatable bonds is 11. The summed E-state index contributed by atoms with van der Waals surface area (Å²) < 4.78 is 5.52. The minimum Gasteiger partial charge on any atom is -0.477 e. The van der Waals surface area contributed by atoms with E-state index in [1.54, 1.807) is 26.2 Å². The molecule has 3 aromatic carbocycles. The smallest absolute Gasteiger partial charge is 0.352 e. The molecule has 1 fully saturated rings. The van der Waals surface area contributed by atoms with Crippen molar-refractivity contribution in [3.05, 3.63) is 136 Å². The number of alkyl halides is 1. The lowest BCUT2D eigenvalue weighted by Crippen LogP contribution is -2.70. The highest BCUT2D eigenvalue weighted by molar-refractivity contribution is 8.00. The summed E-state index contributed by atoms with van der Waals surface area (Å²) in [6, 6.07) is 28.8. The molecule has 3 heterocycles. The number of aliphatic carboxylic acids is 1. The molecule has 0 radical (unpaired) electrons. The standard InChI is InChI=1S/C38H35ClN4O6S2/c1-37(2,3)49-29(44)19-27(32(45)41-30-33(46)43-31(35(47)48)23(20-39)21-50-34(30)43)28-22-51-36(40-28)42-38(24-13-7-4-8-14-24,25-15-9-5-10-16-25)26-17-11-6-12-18-26/h4-19,22,30,34H,20-21H2,1-3H3,(H,40,42)(H,41,45)(H,47,48)/b27-19+/t30?,34-/m1/s1. The van der Waals surface area contributed by atoms with Crippen LogP contribution in [0.15, 0.2) is 114 Å². The number of nitrogens with zero attached hydrogens (tertiary/aromatic N) is 2. The molecule has 13 heteroatoms. The first kappa shape index (κ1) is 35.9. The van der Waals surface area contributed by atoms with Gasteiger partial charge in [0, 0.05) is 23.1 Å². The number of esters is 1. The van der Waals surface area contributed by atoms with Crippen molar-refractivity contribution in [3.63, 3.8) is 0 Å². The van der Waals surface area contributed by atoms with Crippen molar-refractivity contribution in [2.45, 2.75) is 43.3 Å². The first-order chi connectivity index (χ1) is 24.4. The van der Waals surface area contributed by atoms with Crippen LogP contribution in [-0.4, -0.2) is 67.4 Å². The number of thiazole rings is 1. The Morgan fingerprint density at radius 2 is 1.51 bits per heavy atom. The van der Waals surface area contributed by atoms with Crippen molar-refractivity contribution >= 4 is 69.2 Å². The summed E-state index contributed by atoms with van der Waals surface area (Å²) in [5.74, 6) is -3.10. The first-order valence-electron chi connectivity index (χ1n) is 16.0. The second-order valence-corrected chi connectivity index (χ2v) is 15.1. The number of aromatic nitrogens is 1. The van der Waals surface area contributed by atoms with Gasteiger partial charge in [-0.3, -0.25) is 14.5 Å². The Kier molecular flexibility index (Phi) is 10.4. The molecule has 0 spiro atoms. The van der Waals surface area contributed by atoms with Crippen molar-refractivity contribution in [2.24, 2.45) is 0 Å². The number of anilines is 1. The molecule has 2 aliphatic heterocycles. The minimum atomic E-state index is -1.26. The first-order valence-corrected chi connectivity index (χ1v) is 18.5. The maximum absolute atomic E-state index is 14.0. The number of hydrogen-bond donors (Lipinski definition) is 3. The molecule has 1 unspecified atom stereocenters. The summed E-state index contributed by atoms with van der Waals surface area (Å²) in [4.78, 5) is 58.3. The molecule has 1 aromatic heterocycles.